The maximum atomic E-state index is 13.3. The number of nitrogens with zero attached hydrogens (tertiary/aromatic N) is 2. The Bertz CT molecular complexity index is 1120. The van der Waals surface area contributed by atoms with E-state index in [1.165, 1.54) is 6.33 Å². The topological polar surface area (TPSA) is 75.1 Å². The summed E-state index contributed by atoms with van der Waals surface area (Å²) in [7, 11) is 0. The molecule has 4 rings (SSSR count). The zero-order valence-corrected chi connectivity index (χ0v) is 21.0. The summed E-state index contributed by atoms with van der Waals surface area (Å²) in [5, 5.41) is 14.3. The molecule has 3 aromatic rings. The fourth-order valence-corrected chi connectivity index (χ4v) is 6.19. The van der Waals surface area contributed by atoms with Crippen molar-refractivity contribution >= 4 is 50.5 Å². The minimum atomic E-state index is -0.923. The lowest BCUT2D eigenvalue weighted by Crippen LogP contribution is -2.19. The van der Waals surface area contributed by atoms with E-state index < -0.39 is 6.10 Å². The van der Waals surface area contributed by atoms with E-state index in [2.05, 4.69) is 45.1 Å². The maximum absolute atomic E-state index is 13.3. The first-order valence-electron chi connectivity index (χ1n) is 10.7. The van der Waals surface area contributed by atoms with Crippen LogP contribution in [0.25, 0.3) is 0 Å². The number of anilines is 1. The van der Waals surface area contributed by atoms with Crippen LogP contribution in [0.4, 0.5) is 5.82 Å². The van der Waals surface area contributed by atoms with Gasteiger partial charge in [0, 0.05) is 22.3 Å². The largest absolute Gasteiger partial charge is 0.384 e. The number of hydrogen-bond acceptors (Lipinski definition) is 6. The zero-order chi connectivity index (χ0) is 22.8. The minimum Gasteiger partial charge on any atom is -0.384 e. The van der Waals surface area contributed by atoms with Crippen LogP contribution in [0.1, 0.15) is 65.6 Å². The Balaban J connectivity index is 1.57. The third-order valence-electron chi connectivity index (χ3n) is 6.27. The average Bonchev–Trinajstić information content (AvgIpc) is 3.35. The van der Waals surface area contributed by atoms with E-state index in [1.54, 1.807) is 12.3 Å². The van der Waals surface area contributed by atoms with Gasteiger partial charge in [0.2, 0.25) is 5.78 Å². The van der Waals surface area contributed by atoms with Gasteiger partial charge in [-0.15, -0.1) is 11.3 Å². The predicted molar refractivity (Wildman–Crippen MR) is 133 cm³/mol. The first kappa shape index (κ1) is 23.4. The molecule has 0 aliphatic heterocycles. The molecule has 0 spiro atoms. The van der Waals surface area contributed by atoms with Gasteiger partial charge in [-0.2, -0.15) is 0 Å². The summed E-state index contributed by atoms with van der Waals surface area (Å²) < 4.78 is 1.25. The predicted octanol–water partition coefficient (Wildman–Crippen LogP) is 6.50. The van der Waals surface area contributed by atoms with Gasteiger partial charge in [0.25, 0.3) is 0 Å². The molecule has 1 unspecified atom stereocenters. The van der Waals surface area contributed by atoms with Gasteiger partial charge in [-0.25, -0.2) is 9.97 Å². The Morgan fingerprint density at radius 1 is 1.38 bits per heavy atom. The van der Waals surface area contributed by atoms with Crippen molar-refractivity contribution in [3.63, 3.8) is 0 Å². The van der Waals surface area contributed by atoms with E-state index in [0.29, 0.717) is 43.6 Å². The van der Waals surface area contributed by atoms with Crippen LogP contribution < -0.4 is 5.32 Å². The summed E-state index contributed by atoms with van der Waals surface area (Å²) in [4.78, 5) is 22.2. The molecule has 2 N–H and O–H groups in total. The molecule has 32 heavy (non-hydrogen) atoms. The third-order valence-corrected chi connectivity index (χ3v) is 8.15. The molecule has 1 aliphatic carbocycles. The van der Waals surface area contributed by atoms with Crippen LogP contribution in [0.5, 0.6) is 0 Å². The fourth-order valence-electron chi connectivity index (χ4n) is 4.50. The van der Waals surface area contributed by atoms with Crippen molar-refractivity contribution in [2.24, 2.45) is 11.8 Å². The number of carbonyl (C=O) groups is 1. The summed E-state index contributed by atoms with van der Waals surface area (Å²) in [6, 6.07) is 9.35. The zero-order valence-electron chi connectivity index (χ0n) is 17.9. The first-order chi connectivity index (χ1) is 15.4. The molecule has 2 heterocycles. The number of benzene rings is 1. The smallest absolute Gasteiger partial charge is 0.208 e. The standard InChI is InChI=1S/C24H25BrClN3O2S/c1-3-14-9-17(7-13(14)2)29-24-19(11-27-12-28-24)22(31)20-10-18(23(26)32-20)21(30)15-5-4-6-16(25)8-15/h4-6,8,10-14,17,21,30H,3,7,9H2,1-2H3,(H,27,28,29)/t13-,14-,17-,21?/m0/s1. The molecule has 0 bridgehead atoms. The summed E-state index contributed by atoms with van der Waals surface area (Å²) in [5.41, 5.74) is 1.63. The van der Waals surface area contributed by atoms with E-state index in [9.17, 15) is 9.90 Å². The lowest BCUT2D eigenvalue weighted by atomic mass is 9.96. The van der Waals surface area contributed by atoms with E-state index >= 15 is 0 Å². The molecule has 1 aliphatic rings. The van der Waals surface area contributed by atoms with Crippen molar-refractivity contribution in [3.05, 3.63) is 73.2 Å². The highest BCUT2D eigenvalue weighted by Gasteiger charge is 2.31. The molecule has 5 nitrogen and oxygen atoms in total. The van der Waals surface area contributed by atoms with E-state index in [4.69, 9.17) is 11.6 Å². The van der Waals surface area contributed by atoms with Gasteiger partial charge >= 0.3 is 0 Å². The second-order valence-electron chi connectivity index (χ2n) is 8.37. The van der Waals surface area contributed by atoms with Crippen LogP contribution in [-0.4, -0.2) is 26.9 Å². The molecule has 1 saturated carbocycles. The first-order valence-corrected chi connectivity index (χ1v) is 12.7. The van der Waals surface area contributed by atoms with Gasteiger partial charge in [0.05, 0.1) is 14.8 Å². The number of hydrogen-bond donors (Lipinski definition) is 2. The molecular formula is C24H25BrClN3O2S. The number of aliphatic hydroxyl groups is 1. The van der Waals surface area contributed by atoms with Crippen LogP contribution in [0.3, 0.4) is 0 Å². The Hall–Kier alpha value is -1.80. The Morgan fingerprint density at radius 2 is 2.19 bits per heavy atom. The molecule has 168 valence electrons. The Morgan fingerprint density at radius 3 is 2.91 bits per heavy atom. The Kier molecular flexibility index (Phi) is 7.30. The van der Waals surface area contributed by atoms with Crippen molar-refractivity contribution in [1.82, 2.24) is 9.97 Å². The van der Waals surface area contributed by atoms with Gasteiger partial charge in [-0.05, 0) is 48.4 Å². The van der Waals surface area contributed by atoms with Crippen molar-refractivity contribution in [2.75, 3.05) is 5.32 Å². The highest BCUT2D eigenvalue weighted by atomic mass is 79.9. The molecule has 0 saturated heterocycles. The summed E-state index contributed by atoms with van der Waals surface area (Å²) in [6.07, 6.45) is 5.37. The SMILES string of the molecule is CC[C@H]1C[C@@H](Nc2ncncc2C(=O)c2cc(C(O)c3cccc(Br)c3)c(Cl)s2)C[C@@H]1C. The number of aliphatic hydroxyl groups excluding tert-OH is 1. The van der Waals surface area contributed by atoms with Crippen LogP contribution in [0, 0.1) is 11.8 Å². The quantitative estimate of drug-likeness (QED) is 0.338. The van der Waals surface area contributed by atoms with Gasteiger partial charge < -0.3 is 10.4 Å². The van der Waals surface area contributed by atoms with Crippen LogP contribution >= 0.6 is 38.9 Å². The molecule has 0 amide bonds. The number of nitrogens with one attached hydrogen (secondary N) is 1. The van der Waals surface area contributed by atoms with Crippen molar-refractivity contribution in [1.29, 1.82) is 0 Å². The minimum absolute atomic E-state index is 0.203. The average molecular weight is 535 g/mol. The Labute approximate surface area is 205 Å². The molecule has 4 atom stereocenters. The van der Waals surface area contributed by atoms with Crippen LogP contribution in [0.15, 0.2) is 47.3 Å². The van der Waals surface area contributed by atoms with Gasteiger partial charge in [0.15, 0.2) is 0 Å². The summed E-state index contributed by atoms with van der Waals surface area (Å²) in [5.74, 6) is 1.69. The van der Waals surface area contributed by atoms with Crippen molar-refractivity contribution < 1.29 is 9.90 Å². The second-order valence-corrected chi connectivity index (χ2v) is 10.9. The number of aromatic nitrogens is 2. The van der Waals surface area contributed by atoms with Crippen LogP contribution in [0.2, 0.25) is 4.34 Å². The highest BCUT2D eigenvalue weighted by molar-refractivity contribution is 9.10. The number of thiophene rings is 1. The van der Waals surface area contributed by atoms with Gasteiger partial charge in [-0.3, -0.25) is 4.79 Å². The van der Waals surface area contributed by atoms with E-state index in [0.717, 1.165) is 35.1 Å². The third kappa shape index (κ3) is 4.91. The summed E-state index contributed by atoms with van der Waals surface area (Å²) >= 11 is 11.0. The molecular weight excluding hydrogens is 510 g/mol. The van der Waals surface area contributed by atoms with E-state index in [1.807, 2.05) is 24.3 Å². The molecule has 1 aromatic carbocycles. The lowest BCUT2D eigenvalue weighted by molar-refractivity contribution is 0.104. The highest BCUT2D eigenvalue weighted by Crippen LogP contribution is 2.38. The number of carbonyl (C=O) groups excluding carboxylic acids is 1. The van der Waals surface area contributed by atoms with Crippen molar-refractivity contribution in [2.45, 2.75) is 45.3 Å². The monoisotopic (exact) mass is 533 g/mol. The molecule has 8 heteroatoms. The lowest BCUT2D eigenvalue weighted by Gasteiger charge is -2.15. The normalized spacial score (nSPS) is 21.5. The fraction of sp³-hybridized carbons (Fsp3) is 0.375. The summed E-state index contributed by atoms with van der Waals surface area (Å²) in [6.45, 7) is 4.51. The van der Waals surface area contributed by atoms with Gasteiger partial charge in [0.1, 0.15) is 18.2 Å². The number of rotatable bonds is 7. The second kappa shape index (κ2) is 10.00. The number of ketones is 1. The molecule has 0 radical (unpaired) electrons. The number of halogens is 2. The van der Waals surface area contributed by atoms with E-state index in [-0.39, 0.29) is 11.8 Å². The van der Waals surface area contributed by atoms with Crippen molar-refractivity contribution in [3.8, 4) is 0 Å². The molecule has 2 aromatic heterocycles. The van der Waals surface area contributed by atoms with Gasteiger partial charge in [-0.1, -0.05) is 59.9 Å². The maximum Gasteiger partial charge on any atom is 0.208 e. The van der Waals surface area contributed by atoms with Crippen LogP contribution in [-0.2, 0) is 0 Å². The molecule has 1 fully saturated rings.